The number of halogens is 1. The minimum absolute atomic E-state index is 0.582. The average Bonchev–Trinajstić information content (AvgIpc) is 2.72. The molecule has 0 aliphatic heterocycles. The van der Waals surface area contributed by atoms with E-state index in [1.54, 1.807) is 24.3 Å². The summed E-state index contributed by atoms with van der Waals surface area (Å²) in [6.07, 6.45) is 3.47. The molecule has 74 valence electrons. The van der Waals surface area contributed by atoms with Gasteiger partial charge in [-0.25, -0.2) is 4.98 Å². The summed E-state index contributed by atoms with van der Waals surface area (Å²) in [5.74, 6) is 0.830. The fourth-order valence-electron chi connectivity index (χ4n) is 0.889. The number of aryl methyl sites for hydroxylation is 1. The fraction of sp³-hybridized carbons (Fsp3) is 0.286. The van der Waals surface area contributed by atoms with E-state index in [1.165, 1.54) is 11.3 Å². The van der Waals surface area contributed by atoms with E-state index in [2.05, 4.69) is 15.2 Å². The first-order chi connectivity index (χ1) is 6.75. The minimum Gasteiger partial charge on any atom is -0.312 e. The summed E-state index contributed by atoms with van der Waals surface area (Å²) >= 11 is 8.83. The summed E-state index contributed by atoms with van der Waals surface area (Å²) in [4.78, 5) is 5.11. The number of aromatic nitrogens is 4. The molecule has 0 spiro atoms. The van der Waals surface area contributed by atoms with Crippen molar-refractivity contribution in [3.63, 3.8) is 0 Å². The van der Waals surface area contributed by atoms with Crippen molar-refractivity contribution in [3.05, 3.63) is 21.9 Å². The van der Waals surface area contributed by atoms with Crippen molar-refractivity contribution in [1.29, 1.82) is 0 Å². The smallest absolute Gasteiger partial charge is 0.191 e. The molecule has 14 heavy (non-hydrogen) atoms. The Hall–Kier alpha value is -0.590. The largest absolute Gasteiger partial charge is 0.312 e. The molecule has 0 N–H and O–H groups in total. The second kappa shape index (κ2) is 4.29. The predicted molar refractivity (Wildman–Crippen MR) is 57.7 cm³/mol. The standard InChI is InChI=1S/C7H7ClN4S2/c1-12-4-10-11-7(12)13-3-5-2-9-6(8)14-5/h2,4H,3H2,1H3. The normalized spacial score (nSPS) is 10.7. The van der Waals surface area contributed by atoms with Gasteiger partial charge in [-0.3, -0.25) is 0 Å². The Morgan fingerprint density at radius 2 is 2.50 bits per heavy atom. The molecule has 0 aliphatic rings. The number of rotatable bonds is 3. The maximum absolute atomic E-state index is 5.72. The molecule has 7 heteroatoms. The highest BCUT2D eigenvalue weighted by Gasteiger charge is 2.04. The van der Waals surface area contributed by atoms with E-state index in [0.29, 0.717) is 4.47 Å². The Morgan fingerprint density at radius 1 is 1.64 bits per heavy atom. The van der Waals surface area contributed by atoms with Crippen molar-refractivity contribution in [3.8, 4) is 0 Å². The number of hydrogen-bond acceptors (Lipinski definition) is 5. The number of thioether (sulfide) groups is 1. The van der Waals surface area contributed by atoms with Crippen LogP contribution in [0.1, 0.15) is 4.88 Å². The molecule has 0 atom stereocenters. The highest BCUT2D eigenvalue weighted by Crippen LogP contribution is 2.25. The van der Waals surface area contributed by atoms with E-state index in [1.807, 2.05) is 11.6 Å². The van der Waals surface area contributed by atoms with Crippen LogP contribution in [-0.4, -0.2) is 19.7 Å². The van der Waals surface area contributed by atoms with Crippen LogP contribution >= 0.6 is 34.7 Å². The zero-order chi connectivity index (χ0) is 9.97. The molecular weight excluding hydrogens is 240 g/mol. The van der Waals surface area contributed by atoms with Crippen molar-refractivity contribution in [2.24, 2.45) is 7.05 Å². The minimum atomic E-state index is 0.582. The topological polar surface area (TPSA) is 43.6 Å². The van der Waals surface area contributed by atoms with E-state index >= 15 is 0 Å². The van der Waals surface area contributed by atoms with Crippen LogP contribution in [-0.2, 0) is 12.8 Å². The fourth-order valence-corrected chi connectivity index (χ4v) is 2.78. The summed E-state index contributed by atoms with van der Waals surface area (Å²) in [6.45, 7) is 0. The van der Waals surface area contributed by atoms with Crippen LogP contribution < -0.4 is 0 Å². The Kier molecular flexibility index (Phi) is 3.05. The van der Waals surface area contributed by atoms with Gasteiger partial charge in [0.25, 0.3) is 0 Å². The van der Waals surface area contributed by atoms with Gasteiger partial charge < -0.3 is 4.57 Å². The molecule has 0 bridgehead atoms. The summed E-state index contributed by atoms with van der Waals surface area (Å²) in [5.41, 5.74) is 0. The van der Waals surface area contributed by atoms with Crippen molar-refractivity contribution < 1.29 is 0 Å². The molecule has 2 heterocycles. The van der Waals surface area contributed by atoms with E-state index in [9.17, 15) is 0 Å². The Labute approximate surface area is 94.3 Å². The van der Waals surface area contributed by atoms with Crippen LogP contribution in [0.15, 0.2) is 17.7 Å². The highest BCUT2D eigenvalue weighted by atomic mass is 35.5. The third-order valence-corrected chi connectivity index (χ3v) is 3.92. The lowest BCUT2D eigenvalue weighted by Gasteiger charge is -1.96. The van der Waals surface area contributed by atoms with Crippen molar-refractivity contribution in [2.75, 3.05) is 0 Å². The van der Waals surface area contributed by atoms with E-state index in [0.717, 1.165) is 15.8 Å². The maximum atomic E-state index is 5.72. The third-order valence-electron chi connectivity index (χ3n) is 1.54. The zero-order valence-corrected chi connectivity index (χ0v) is 9.73. The Balaban J connectivity index is 1.98. The molecule has 0 unspecified atom stereocenters. The van der Waals surface area contributed by atoms with Gasteiger partial charge in [-0.15, -0.1) is 21.5 Å². The molecule has 2 aromatic rings. The van der Waals surface area contributed by atoms with Crippen LogP contribution in [0.5, 0.6) is 0 Å². The molecule has 0 fully saturated rings. The molecular formula is C7H7ClN4S2. The van der Waals surface area contributed by atoms with Gasteiger partial charge in [-0.2, -0.15) is 0 Å². The first-order valence-corrected chi connectivity index (χ1v) is 6.00. The van der Waals surface area contributed by atoms with Gasteiger partial charge in [-0.05, 0) is 0 Å². The summed E-state index contributed by atoms with van der Waals surface area (Å²) in [6, 6.07) is 0. The van der Waals surface area contributed by atoms with Gasteiger partial charge in [-0.1, -0.05) is 23.4 Å². The van der Waals surface area contributed by atoms with E-state index in [4.69, 9.17) is 11.6 Å². The lowest BCUT2D eigenvalue weighted by atomic mass is 10.6. The molecule has 0 saturated carbocycles. The first kappa shape index (κ1) is 9.95. The van der Waals surface area contributed by atoms with Crippen LogP contribution in [0, 0.1) is 0 Å². The van der Waals surface area contributed by atoms with Gasteiger partial charge in [0, 0.05) is 23.9 Å². The zero-order valence-electron chi connectivity index (χ0n) is 7.35. The molecule has 0 radical (unpaired) electrons. The monoisotopic (exact) mass is 246 g/mol. The molecule has 0 aromatic carbocycles. The Bertz CT molecular complexity index is 425. The SMILES string of the molecule is Cn1cnnc1SCc1cnc(Cl)s1. The van der Waals surface area contributed by atoms with Gasteiger partial charge in [0.15, 0.2) is 9.62 Å². The summed E-state index contributed by atoms with van der Waals surface area (Å²) in [5, 5.41) is 8.66. The quantitative estimate of drug-likeness (QED) is 0.779. The second-order valence-electron chi connectivity index (χ2n) is 2.59. The number of hydrogen-bond donors (Lipinski definition) is 0. The highest BCUT2D eigenvalue weighted by molar-refractivity contribution is 7.98. The second-order valence-corrected chi connectivity index (χ2v) is 5.23. The van der Waals surface area contributed by atoms with Crippen molar-refractivity contribution in [2.45, 2.75) is 10.9 Å². The Morgan fingerprint density at radius 3 is 3.07 bits per heavy atom. The first-order valence-electron chi connectivity index (χ1n) is 3.82. The lowest BCUT2D eigenvalue weighted by Crippen LogP contribution is -1.88. The lowest BCUT2D eigenvalue weighted by molar-refractivity contribution is 0.788. The number of thiazole rings is 1. The predicted octanol–water partition coefficient (Wildman–Crippen LogP) is 2.22. The average molecular weight is 247 g/mol. The van der Waals surface area contributed by atoms with Gasteiger partial charge in [0.05, 0.1) is 0 Å². The van der Waals surface area contributed by atoms with Crippen molar-refractivity contribution >= 4 is 34.7 Å². The van der Waals surface area contributed by atoms with Gasteiger partial charge >= 0.3 is 0 Å². The molecule has 4 nitrogen and oxygen atoms in total. The third kappa shape index (κ3) is 2.26. The van der Waals surface area contributed by atoms with Gasteiger partial charge in [0.2, 0.25) is 0 Å². The van der Waals surface area contributed by atoms with Crippen LogP contribution in [0.25, 0.3) is 0 Å². The van der Waals surface area contributed by atoms with Crippen LogP contribution in [0.2, 0.25) is 4.47 Å². The van der Waals surface area contributed by atoms with E-state index in [-0.39, 0.29) is 0 Å². The maximum Gasteiger partial charge on any atom is 0.191 e. The van der Waals surface area contributed by atoms with Crippen molar-refractivity contribution in [1.82, 2.24) is 19.7 Å². The summed E-state index contributed by atoms with van der Waals surface area (Å²) < 4.78 is 2.46. The molecule has 2 rings (SSSR count). The molecule has 2 aromatic heterocycles. The van der Waals surface area contributed by atoms with Gasteiger partial charge in [0.1, 0.15) is 6.33 Å². The van der Waals surface area contributed by atoms with E-state index < -0.39 is 0 Å². The molecule has 0 amide bonds. The number of nitrogens with zero attached hydrogens (tertiary/aromatic N) is 4. The summed E-state index contributed by atoms with van der Waals surface area (Å²) in [7, 11) is 1.92. The molecule has 0 aliphatic carbocycles. The molecule has 0 saturated heterocycles. The van der Waals surface area contributed by atoms with Crippen LogP contribution in [0.3, 0.4) is 0 Å². The van der Waals surface area contributed by atoms with Crippen LogP contribution in [0.4, 0.5) is 0 Å².